The zero-order valence-electron chi connectivity index (χ0n) is 10.4. The minimum atomic E-state index is -0.932. The van der Waals surface area contributed by atoms with Crippen molar-refractivity contribution in [2.24, 2.45) is 0 Å². The van der Waals surface area contributed by atoms with Crippen molar-refractivity contribution in [1.29, 1.82) is 0 Å². The number of aromatic carboxylic acids is 1. The number of nitrogens with one attached hydrogen (secondary N) is 1. The van der Waals surface area contributed by atoms with Gasteiger partial charge in [0.1, 0.15) is 0 Å². The predicted octanol–water partition coefficient (Wildman–Crippen LogP) is 2.96. The third-order valence-electron chi connectivity index (χ3n) is 2.76. The van der Waals surface area contributed by atoms with Crippen molar-refractivity contribution in [2.75, 3.05) is 11.1 Å². The van der Waals surface area contributed by atoms with Gasteiger partial charge in [-0.3, -0.25) is 0 Å². The van der Waals surface area contributed by atoms with Gasteiger partial charge in [0.2, 0.25) is 0 Å². The molecule has 0 aliphatic heterocycles. The van der Waals surface area contributed by atoms with Gasteiger partial charge >= 0.3 is 5.97 Å². The van der Waals surface area contributed by atoms with Gasteiger partial charge in [0.05, 0.1) is 11.3 Å². The summed E-state index contributed by atoms with van der Waals surface area (Å²) in [6.45, 7) is 4.20. The number of nitrogen functional groups attached to an aromatic ring is 1. The van der Waals surface area contributed by atoms with Crippen LogP contribution in [0.25, 0.3) is 0 Å². The van der Waals surface area contributed by atoms with Crippen LogP contribution < -0.4 is 11.1 Å². The summed E-state index contributed by atoms with van der Waals surface area (Å²) in [6, 6.07) is 5.12. The first-order valence-electron chi connectivity index (χ1n) is 5.97. The van der Waals surface area contributed by atoms with Crippen LogP contribution in [-0.4, -0.2) is 17.1 Å². The number of benzene rings is 1. The molecule has 0 aliphatic carbocycles. The molecule has 1 unspecified atom stereocenters. The molecular weight excluding hydrogens is 216 g/mol. The summed E-state index contributed by atoms with van der Waals surface area (Å²) in [7, 11) is 0. The number of rotatable bonds is 6. The highest BCUT2D eigenvalue weighted by atomic mass is 16.4. The van der Waals surface area contributed by atoms with Crippen molar-refractivity contribution in [3.63, 3.8) is 0 Å². The summed E-state index contributed by atoms with van der Waals surface area (Å²) in [5, 5.41) is 12.4. The Morgan fingerprint density at radius 3 is 2.71 bits per heavy atom. The fourth-order valence-corrected chi connectivity index (χ4v) is 1.81. The van der Waals surface area contributed by atoms with Gasteiger partial charge in [-0.15, -0.1) is 0 Å². The quantitative estimate of drug-likeness (QED) is 0.664. The van der Waals surface area contributed by atoms with Crippen LogP contribution in [0, 0.1) is 0 Å². The van der Waals surface area contributed by atoms with E-state index in [0.29, 0.717) is 17.4 Å². The van der Waals surface area contributed by atoms with Crippen molar-refractivity contribution in [1.82, 2.24) is 0 Å². The smallest absolute Gasteiger partial charge is 0.337 e. The van der Waals surface area contributed by atoms with E-state index in [-0.39, 0.29) is 5.56 Å². The highest BCUT2D eigenvalue weighted by molar-refractivity contribution is 5.95. The summed E-state index contributed by atoms with van der Waals surface area (Å²) in [5.74, 6) is -0.932. The van der Waals surface area contributed by atoms with Crippen molar-refractivity contribution in [3.05, 3.63) is 23.8 Å². The standard InChI is InChI=1S/C13H20N2O2/c1-3-5-10(4-2)15-12-8-9(14)6-7-11(12)13(16)17/h6-8,10,15H,3-5,14H2,1-2H3,(H,16,17). The highest BCUT2D eigenvalue weighted by Gasteiger charge is 2.13. The zero-order chi connectivity index (χ0) is 12.8. The molecule has 4 N–H and O–H groups in total. The van der Waals surface area contributed by atoms with E-state index < -0.39 is 5.97 Å². The van der Waals surface area contributed by atoms with Crippen LogP contribution >= 0.6 is 0 Å². The third-order valence-corrected chi connectivity index (χ3v) is 2.76. The number of carbonyl (C=O) groups is 1. The van der Waals surface area contributed by atoms with E-state index in [0.717, 1.165) is 19.3 Å². The summed E-state index contributed by atoms with van der Waals surface area (Å²) >= 11 is 0. The van der Waals surface area contributed by atoms with E-state index in [2.05, 4.69) is 19.2 Å². The Morgan fingerprint density at radius 2 is 2.18 bits per heavy atom. The second kappa shape index (κ2) is 6.13. The fourth-order valence-electron chi connectivity index (χ4n) is 1.81. The first-order valence-corrected chi connectivity index (χ1v) is 5.97. The summed E-state index contributed by atoms with van der Waals surface area (Å²) in [5.41, 5.74) is 7.14. The van der Waals surface area contributed by atoms with Crippen LogP contribution in [0.4, 0.5) is 11.4 Å². The van der Waals surface area contributed by atoms with E-state index >= 15 is 0 Å². The van der Waals surface area contributed by atoms with Crippen LogP contribution in [0.1, 0.15) is 43.5 Å². The van der Waals surface area contributed by atoms with Gasteiger partial charge in [0.25, 0.3) is 0 Å². The molecule has 1 atom stereocenters. The average Bonchev–Trinajstić information content (AvgIpc) is 2.28. The van der Waals surface area contributed by atoms with Crippen LogP contribution in [0.2, 0.25) is 0 Å². The minimum absolute atomic E-state index is 0.272. The lowest BCUT2D eigenvalue weighted by molar-refractivity contribution is 0.0698. The van der Waals surface area contributed by atoms with E-state index in [1.165, 1.54) is 0 Å². The fraction of sp³-hybridized carbons (Fsp3) is 0.462. The number of anilines is 2. The first kappa shape index (κ1) is 13.4. The number of carboxylic acid groups (broad SMARTS) is 1. The largest absolute Gasteiger partial charge is 0.478 e. The molecule has 0 aromatic heterocycles. The molecule has 0 saturated heterocycles. The average molecular weight is 236 g/mol. The minimum Gasteiger partial charge on any atom is -0.478 e. The summed E-state index contributed by atoms with van der Waals surface area (Å²) < 4.78 is 0. The molecule has 1 rings (SSSR count). The molecule has 4 heteroatoms. The van der Waals surface area contributed by atoms with Crippen molar-refractivity contribution in [2.45, 2.75) is 39.2 Å². The van der Waals surface area contributed by atoms with Crippen LogP contribution in [0.5, 0.6) is 0 Å². The van der Waals surface area contributed by atoms with Crippen LogP contribution in [0.15, 0.2) is 18.2 Å². The van der Waals surface area contributed by atoms with Gasteiger partial charge in [-0.05, 0) is 31.0 Å². The molecule has 0 fully saturated rings. The van der Waals surface area contributed by atoms with Crippen molar-refractivity contribution < 1.29 is 9.90 Å². The van der Waals surface area contributed by atoms with E-state index in [4.69, 9.17) is 10.8 Å². The number of hydrogen-bond acceptors (Lipinski definition) is 3. The topological polar surface area (TPSA) is 75.3 Å². The van der Waals surface area contributed by atoms with E-state index in [1.54, 1.807) is 18.2 Å². The van der Waals surface area contributed by atoms with E-state index in [9.17, 15) is 4.79 Å². The predicted molar refractivity (Wildman–Crippen MR) is 70.4 cm³/mol. The molecule has 0 aliphatic rings. The maximum Gasteiger partial charge on any atom is 0.337 e. The lowest BCUT2D eigenvalue weighted by atomic mass is 10.1. The lowest BCUT2D eigenvalue weighted by Gasteiger charge is -2.19. The number of hydrogen-bond donors (Lipinski definition) is 3. The molecule has 0 heterocycles. The number of nitrogens with two attached hydrogens (primary N) is 1. The first-order chi connectivity index (χ1) is 8.08. The zero-order valence-corrected chi connectivity index (χ0v) is 10.4. The van der Waals surface area contributed by atoms with Gasteiger partial charge in [-0.25, -0.2) is 4.79 Å². The van der Waals surface area contributed by atoms with Gasteiger partial charge in [-0.1, -0.05) is 20.3 Å². The number of carboxylic acids is 1. The summed E-state index contributed by atoms with van der Waals surface area (Å²) in [4.78, 5) is 11.1. The molecule has 0 amide bonds. The molecule has 1 aromatic carbocycles. The molecule has 17 heavy (non-hydrogen) atoms. The Morgan fingerprint density at radius 1 is 1.47 bits per heavy atom. The van der Waals surface area contributed by atoms with Gasteiger partial charge < -0.3 is 16.2 Å². The third kappa shape index (κ3) is 3.66. The molecule has 0 saturated carbocycles. The Bertz CT molecular complexity index is 391. The van der Waals surface area contributed by atoms with Gasteiger partial charge in [0.15, 0.2) is 0 Å². The molecular formula is C13H20N2O2. The summed E-state index contributed by atoms with van der Waals surface area (Å²) in [6.07, 6.45) is 3.04. The second-order valence-electron chi connectivity index (χ2n) is 4.15. The molecule has 4 nitrogen and oxygen atoms in total. The maximum atomic E-state index is 11.1. The Balaban J connectivity index is 2.94. The van der Waals surface area contributed by atoms with Gasteiger partial charge in [-0.2, -0.15) is 0 Å². The SMILES string of the molecule is CCCC(CC)Nc1cc(N)ccc1C(=O)O. The highest BCUT2D eigenvalue weighted by Crippen LogP contribution is 2.21. The molecule has 0 radical (unpaired) electrons. The Labute approximate surface area is 102 Å². The Hall–Kier alpha value is -1.71. The van der Waals surface area contributed by atoms with Gasteiger partial charge in [0, 0.05) is 11.7 Å². The van der Waals surface area contributed by atoms with Crippen LogP contribution in [0.3, 0.4) is 0 Å². The lowest BCUT2D eigenvalue weighted by Crippen LogP contribution is -2.20. The monoisotopic (exact) mass is 236 g/mol. The molecule has 0 bridgehead atoms. The Kier molecular flexibility index (Phi) is 4.82. The van der Waals surface area contributed by atoms with Crippen LogP contribution in [-0.2, 0) is 0 Å². The van der Waals surface area contributed by atoms with E-state index in [1.807, 2.05) is 0 Å². The normalized spacial score (nSPS) is 12.1. The van der Waals surface area contributed by atoms with Crippen molar-refractivity contribution in [3.8, 4) is 0 Å². The van der Waals surface area contributed by atoms with Crippen molar-refractivity contribution >= 4 is 17.3 Å². The molecule has 0 spiro atoms. The second-order valence-corrected chi connectivity index (χ2v) is 4.15. The maximum absolute atomic E-state index is 11.1. The molecule has 94 valence electrons. The molecule has 1 aromatic rings.